The maximum absolute atomic E-state index is 14.4. The largest absolute Gasteiger partial charge is 0.697 e. The van der Waals surface area contributed by atoms with Gasteiger partial charge in [-0.25, -0.2) is 19.7 Å². The SMILES string of the molecule is COCCOCCOCCOCCOCCOCCOCCOCCN(Cc1ccccc1C(=O)Nc1nc2c(ncn2[C@@H]2O[C@@H]3CO[P+](=O)O[C@H]4C[C@H](Oc5ccncn5)C[C@@H]4CO[P+](=O)O[C@@H]2[C@@H]3O)c(=O)[nH]1)C(=O)OCc1ccc(NC(=O)[C@H](C)NC(=O)[C@@H](NC(=O)CCCCCN2C(=O)C=CC2=O)C(C)C)cc1. The quantitative estimate of drug-likeness (QED) is 0.0179. The number of H-pyrrole nitrogens is 1. The highest BCUT2D eigenvalue weighted by Gasteiger charge is 2.54. The number of methoxy groups -OCH3 is 1. The number of aromatic amines is 1. The number of rotatable bonds is 45. The Labute approximate surface area is 641 Å². The van der Waals surface area contributed by atoms with Crippen LogP contribution in [0.25, 0.3) is 11.2 Å². The molecule has 40 heteroatoms. The Kier molecular flexibility index (Phi) is 35.6. The number of ether oxygens (including phenoxy) is 11. The second kappa shape index (κ2) is 45.7. The summed E-state index contributed by atoms with van der Waals surface area (Å²) in [5.74, 6) is -3.86. The zero-order valence-electron chi connectivity index (χ0n) is 62.1. The van der Waals surface area contributed by atoms with Crippen molar-refractivity contribution in [1.82, 2.24) is 49.9 Å². The van der Waals surface area contributed by atoms with Crippen molar-refractivity contribution >= 4 is 80.8 Å². The lowest BCUT2D eigenvalue weighted by molar-refractivity contribution is -0.137. The maximum atomic E-state index is 14.4. The van der Waals surface area contributed by atoms with E-state index in [-0.39, 0.29) is 118 Å². The number of nitrogens with one attached hydrogen (secondary N) is 5. The maximum Gasteiger partial charge on any atom is 0.697 e. The molecule has 3 aliphatic heterocycles. The van der Waals surface area contributed by atoms with Gasteiger partial charge in [0, 0.05) is 90.3 Å². The first-order chi connectivity index (χ1) is 53.8. The molecule has 3 fully saturated rings. The lowest BCUT2D eigenvalue weighted by Crippen LogP contribution is -2.53. The third kappa shape index (κ3) is 27.6. The fourth-order valence-corrected chi connectivity index (χ4v) is 13.4. The van der Waals surface area contributed by atoms with Crippen LogP contribution >= 0.6 is 16.5 Å². The van der Waals surface area contributed by atoms with Crippen LogP contribution in [-0.2, 0) is 112 Å². The lowest BCUT2D eigenvalue weighted by atomic mass is 10.0. The van der Waals surface area contributed by atoms with Gasteiger partial charge in [-0.05, 0) is 61.4 Å². The van der Waals surface area contributed by atoms with Gasteiger partial charge in [0.05, 0.1) is 105 Å². The second-order valence-electron chi connectivity index (χ2n) is 26.1. The van der Waals surface area contributed by atoms with E-state index >= 15 is 0 Å². The minimum Gasteiger partial charge on any atom is -0.474 e. The molecule has 0 spiro atoms. The number of fused-ring (bicyclic) bond motifs is 4. The van der Waals surface area contributed by atoms with Crippen LogP contribution in [0.3, 0.4) is 0 Å². The fourth-order valence-electron chi connectivity index (χ4n) is 11.8. The van der Waals surface area contributed by atoms with Gasteiger partial charge in [-0.3, -0.25) is 53.3 Å². The van der Waals surface area contributed by atoms with Crippen molar-refractivity contribution in [3.05, 3.63) is 113 Å². The molecule has 5 aromatic rings. The summed E-state index contributed by atoms with van der Waals surface area (Å²) in [5, 5.41) is 22.4. The highest BCUT2D eigenvalue weighted by atomic mass is 31.1. The third-order valence-corrected chi connectivity index (χ3v) is 19.3. The van der Waals surface area contributed by atoms with Gasteiger partial charge in [0.2, 0.25) is 29.5 Å². The molecule has 2 unspecified atom stereocenters. The molecule has 9 rings (SSSR count). The predicted octanol–water partition coefficient (Wildman–Crippen LogP) is 4.38. The molecule has 11 atom stereocenters. The first-order valence-corrected chi connectivity index (χ1v) is 38.7. The van der Waals surface area contributed by atoms with Gasteiger partial charge in [-0.2, -0.15) is 4.98 Å². The Morgan fingerprint density at radius 2 is 1.35 bits per heavy atom. The Morgan fingerprint density at radius 1 is 0.712 bits per heavy atom. The zero-order valence-corrected chi connectivity index (χ0v) is 63.9. The summed E-state index contributed by atoms with van der Waals surface area (Å²) in [5.41, 5.74) is 0.0642. The van der Waals surface area contributed by atoms with E-state index in [0.29, 0.717) is 121 Å². The molecule has 2 bridgehead atoms. The number of unbranched alkanes of at least 4 members (excludes halogenated alkanes) is 2. The van der Waals surface area contributed by atoms with Gasteiger partial charge >= 0.3 is 22.6 Å². The van der Waals surface area contributed by atoms with Gasteiger partial charge in [0.15, 0.2) is 23.5 Å². The number of imidazole rings is 1. The van der Waals surface area contributed by atoms with E-state index < -0.39 is 107 Å². The summed E-state index contributed by atoms with van der Waals surface area (Å²) in [6, 6.07) is 12.4. The Hall–Kier alpha value is -8.66. The predicted molar refractivity (Wildman–Crippen MR) is 390 cm³/mol. The normalized spacial score (nSPS) is 20.5. The average molecular weight is 1600 g/mol. The minimum atomic E-state index is -2.98. The number of carbonyl (C=O) groups is 7. The lowest BCUT2D eigenvalue weighted by Gasteiger charge is -2.24. The van der Waals surface area contributed by atoms with Crippen LogP contribution in [-0.4, -0.2) is 261 Å². The van der Waals surface area contributed by atoms with Gasteiger partial charge in [0.1, 0.15) is 62.6 Å². The van der Waals surface area contributed by atoms with Crippen LogP contribution in [0.2, 0.25) is 0 Å². The van der Waals surface area contributed by atoms with Gasteiger partial charge in [-0.1, -0.05) is 50.6 Å². The molecule has 3 aromatic heterocycles. The van der Waals surface area contributed by atoms with Crippen molar-refractivity contribution < 1.29 is 118 Å². The van der Waals surface area contributed by atoms with Crippen molar-refractivity contribution in [3.63, 3.8) is 0 Å². The van der Waals surface area contributed by atoms with Crippen LogP contribution in [0.15, 0.2) is 90.4 Å². The average Bonchev–Trinajstić information content (AvgIpc) is 1.62. The summed E-state index contributed by atoms with van der Waals surface area (Å²) < 4.78 is 113. The first kappa shape index (κ1) is 86.3. The monoisotopic (exact) mass is 1590 g/mol. The number of aliphatic hydroxyl groups is 1. The van der Waals surface area contributed by atoms with Crippen molar-refractivity contribution in [1.29, 1.82) is 0 Å². The molecule has 111 heavy (non-hydrogen) atoms. The van der Waals surface area contributed by atoms with Crippen LogP contribution in [0, 0.1) is 11.8 Å². The summed E-state index contributed by atoms with van der Waals surface area (Å²) in [6.45, 7) is 9.34. The number of nitrogens with zero attached hydrogens (tertiary/aromatic N) is 7. The number of aromatic nitrogens is 6. The van der Waals surface area contributed by atoms with Gasteiger partial charge in [0.25, 0.3) is 23.3 Å². The number of aliphatic hydroxyl groups excluding tert-OH is 1. The van der Waals surface area contributed by atoms with Crippen molar-refractivity contribution in [2.24, 2.45) is 11.8 Å². The molecule has 7 amide bonds. The van der Waals surface area contributed by atoms with Crippen molar-refractivity contribution in [2.45, 2.75) is 121 Å². The minimum absolute atomic E-state index is 0.00199. The van der Waals surface area contributed by atoms with Crippen molar-refractivity contribution in [2.75, 3.05) is 143 Å². The Morgan fingerprint density at radius 3 is 2.00 bits per heavy atom. The highest BCUT2D eigenvalue weighted by molar-refractivity contribution is 7.33. The molecule has 2 aromatic carbocycles. The van der Waals surface area contributed by atoms with Crippen LogP contribution in [0.1, 0.15) is 87.0 Å². The van der Waals surface area contributed by atoms with E-state index in [4.69, 9.17) is 70.2 Å². The smallest absolute Gasteiger partial charge is 0.474 e. The summed E-state index contributed by atoms with van der Waals surface area (Å²) in [4.78, 5) is 127. The number of imide groups is 1. The number of amides is 7. The second-order valence-corrected chi connectivity index (χ2v) is 27.9. The first-order valence-electron chi connectivity index (χ1n) is 36.5. The summed E-state index contributed by atoms with van der Waals surface area (Å²) >= 11 is 0. The molecular weight excluding hydrogens is 1500 g/mol. The van der Waals surface area contributed by atoms with E-state index in [1.165, 1.54) is 53.5 Å². The molecule has 2 saturated heterocycles. The Balaban J connectivity index is 0.780. The van der Waals surface area contributed by atoms with Gasteiger partial charge in [-0.15, -0.1) is 18.1 Å². The summed E-state index contributed by atoms with van der Waals surface area (Å²) in [7, 11) is -4.18. The molecular formula is C71H96N12O26P2+2. The van der Waals surface area contributed by atoms with E-state index in [1.54, 1.807) is 69.5 Å². The number of hydrogen-bond donors (Lipinski definition) is 6. The van der Waals surface area contributed by atoms with Gasteiger partial charge < -0.3 is 78.1 Å². The number of anilines is 2. The molecule has 6 N–H and O–H groups in total. The van der Waals surface area contributed by atoms with Crippen molar-refractivity contribution in [3.8, 4) is 5.88 Å². The standard InChI is InChI=1S/C71H94N12O26P2/c1-46(2)60(77-56(84)12-6-5-9-21-82-58(85)17-18-59(82)86)67(90)75-47(3)65(88)76-51-15-13-48(14-16-51)41-103-71(92)81(22-23-96-26-27-98-30-31-100-34-35-102-37-36-101-33-32-99-29-28-97-25-24-95-4)40-49-10-7-8-11-53(49)66(89)79-70-78-64-61(68(91)80-70)74-45-83(64)69-63-62(87)55(107-69)43-105-110(93)108-54-39-52(106-57-19-20-72-44-73-57)38-50(54)42-104-111(94)109-63/h7-8,10-11,13-20,44-47,50,52,54-55,60,62-63,69,87H,5-6,9,12,21-43H2,1-4H3,(H3-2,75,76,77,78,79,80,84,88,89,90,91)/p+2/t47-,50+,52+,54-,55+,60-,62+,63+,69+/m0/s1. The topological polar surface area (TPSA) is 456 Å². The van der Waals surface area contributed by atoms with E-state index in [0.717, 1.165) is 4.90 Å². The number of hydrogen-bond acceptors (Lipinski definition) is 30. The van der Waals surface area contributed by atoms with E-state index in [9.17, 15) is 52.6 Å². The number of carbonyl (C=O) groups excluding carboxylic acids is 7. The molecule has 4 aliphatic rings. The van der Waals surface area contributed by atoms with E-state index in [2.05, 4.69) is 46.2 Å². The third-order valence-electron chi connectivity index (χ3n) is 17.7. The van der Waals surface area contributed by atoms with E-state index in [1.807, 2.05) is 0 Å². The molecule has 1 saturated carbocycles. The van der Waals surface area contributed by atoms with Crippen LogP contribution < -0.4 is 31.6 Å². The molecule has 1 aliphatic carbocycles. The Bertz CT molecular complexity index is 3940. The van der Waals surface area contributed by atoms with Crippen LogP contribution in [0.4, 0.5) is 16.4 Å². The number of benzene rings is 2. The van der Waals surface area contributed by atoms with Crippen LogP contribution in [0.5, 0.6) is 5.88 Å². The summed E-state index contributed by atoms with van der Waals surface area (Å²) in [6.07, 6.45) is 1.01. The molecule has 6 heterocycles. The molecule has 0 radical (unpaired) electrons. The molecule has 38 nitrogen and oxygen atoms in total. The highest BCUT2D eigenvalue weighted by Crippen LogP contribution is 2.45. The zero-order chi connectivity index (χ0) is 78.9. The fraction of sp³-hybridized carbons (Fsp3) is 0.577. The molecule has 604 valence electrons.